The number of rotatable bonds is 6. The highest BCUT2D eigenvalue weighted by Gasteiger charge is 2.39. The van der Waals surface area contributed by atoms with E-state index in [-0.39, 0.29) is 28.2 Å². The Morgan fingerprint density at radius 3 is 1.94 bits per heavy atom. The minimum Gasteiger partial charge on any atom is -0.310 e. The van der Waals surface area contributed by atoms with E-state index in [0.717, 1.165) is 27.8 Å². The molecule has 63 heavy (non-hydrogen) atoms. The molecule has 8 aromatic rings. The second kappa shape index (κ2) is 15.1. The van der Waals surface area contributed by atoms with E-state index in [2.05, 4.69) is 218 Å². The van der Waals surface area contributed by atoms with Crippen molar-refractivity contribution < 1.29 is 0 Å². The van der Waals surface area contributed by atoms with E-state index in [4.69, 9.17) is 9.98 Å². The first kappa shape index (κ1) is 41.1. The molecule has 0 bridgehead atoms. The van der Waals surface area contributed by atoms with E-state index in [1.807, 2.05) is 18.0 Å². The first-order valence-electron chi connectivity index (χ1n) is 22.5. The van der Waals surface area contributed by atoms with Crippen LogP contribution < -0.4 is 4.90 Å². The molecule has 2 aliphatic heterocycles. The van der Waals surface area contributed by atoms with E-state index in [1.165, 1.54) is 77.7 Å². The summed E-state index contributed by atoms with van der Waals surface area (Å²) in [7, 11) is 0. The molecule has 0 amide bonds. The molecule has 0 fully saturated rings. The highest BCUT2D eigenvalue weighted by Crippen LogP contribution is 2.54. The van der Waals surface area contributed by atoms with Gasteiger partial charge in [-0.25, -0.2) is 4.98 Å². The number of anilines is 3. The summed E-state index contributed by atoms with van der Waals surface area (Å²) in [6.07, 6.45) is 1.98. The number of benzene rings is 6. The maximum atomic E-state index is 5.64. The molecule has 0 N–H and O–H groups in total. The van der Waals surface area contributed by atoms with Crippen molar-refractivity contribution in [3.8, 4) is 5.82 Å². The minimum absolute atomic E-state index is 0.0173. The summed E-state index contributed by atoms with van der Waals surface area (Å²) < 4.78 is 2.40. The third-order valence-electron chi connectivity index (χ3n) is 13.5. The third kappa shape index (κ3) is 7.19. The fourth-order valence-corrected chi connectivity index (χ4v) is 11.1. The van der Waals surface area contributed by atoms with Gasteiger partial charge in [0.2, 0.25) is 0 Å². The van der Waals surface area contributed by atoms with Gasteiger partial charge < -0.3 is 4.90 Å². The average molecular weight is 843 g/mol. The predicted octanol–water partition coefficient (Wildman–Crippen LogP) is 15.2. The van der Waals surface area contributed by atoms with Crippen LogP contribution in [0.15, 0.2) is 151 Å². The van der Waals surface area contributed by atoms with E-state index >= 15 is 0 Å². The Morgan fingerprint density at radius 2 is 1.25 bits per heavy atom. The summed E-state index contributed by atoms with van der Waals surface area (Å²) in [5.74, 6) is 2.04. The van der Waals surface area contributed by atoms with Crippen LogP contribution in [0.25, 0.3) is 27.6 Å². The maximum Gasteiger partial charge on any atom is 0.137 e. The Hall–Kier alpha value is -5.91. The van der Waals surface area contributed by atoms with Gasteiger partial charge in [-0.05, 0) is 119 Å². The van der Waals surface area contributed by atoms with Gasteiger partial charge in [0.25, 0.3) is 0 Å². The number of hydrogen-bond donors (Lipinski definition) is 0. The van der Waals surface area contributed by atoms with Gasteiger partial charge in [0.05, 0.1) is 33.5 Å². The van der Waals surface area contributed by atoms with E-state index in [0.29, 0.717) is 0 Å². The van der Waals surface area contributed by atoms with Crippen molar-refractivity contribution in [2.45, 2.75) is 97.4 Å². The lowest BCUT2D eigenvalue weighted by atomic mass is 9.72. The predicted molar refractivity (Wildman–Crippen MR) is 270 cm³/mol. The topological polar surface area (TPSA) is 33.4 Å². The zero-order chi connectivity index (χ0) is 44.0. The SMILES string of the molecule is Cc1ccc2c(c1)C(C)(C)c1cc3c4cc(C)ccc4n(-c4cc(C(C)(C)C)ccn4)c3cc1N2c1cc(C2=N[C@H](C(c3ccccc3)c3ccccc3)CS2)cc(C(C)(C)C)c1. The number of pyridine rings is 1. The Morgan fingerprint density at radius 1 is 0.619 bits per heavy atom. The van der Waals surface area contributed by atoms with Gasteiger partial charge >= 0.3 is 0 Å². The van der Waals surface area contributed by atoms with Crippen molar-refractivity contribution in [2.75, 3.05) is 10.7 Å². The number of fused-ring (bicyclic) bond motifs is 5. The molecule has 0 saturated heterocycles. The lowest BCUT2D eigenvalue weighted by molar-refractivity contribution is 0.588. The summed E-state index contributed by atoms with van der Waals surface area (Å²) in [6.45, 7) is 23.0. The second-order valence-electron chi connectivity index (χ2n) is 20.5. The molecule has 5 heteroatoms. The largest absolute Gasteiger partial charge is 0.310 e. The highest BCUT2D eigenvalue weighted by molar-refractivity contribution is 8.14. The Bertz CT molecular complexity index is 3050. The number of aromatic nitrogens is 2. The van der Waals surface area contributed by atoms with Crippen LogP contribution in [0.1, 0.15) is 111 Å². The molecule has 1 atom stereocenters. The zero-order valence-electron chi connectivity index (χ0n) is 38.4. The number of aliphatic imine (C=N–C) groups is 1. The summed E-state index contributed by atoms with van der Waals surface area (Å²) in [5.41, 5.74) is 17.0. The van der Waals surface area contributed by atoms with Gasteiger partial charge in [-0.1, -0.05) is 145 Å². The van der Waals surface area contributed by atoms with Crippen LogP contribution in [0.3, 0.4) is 0 Å². The number of nitrogens with zero attached hydrogens (tertiary/aromatic N) is 4. The molecule has 0 radical (unpaired) electrons. The summed E-state index contributed by atoms with van der Waals surface area (Å²) >= 11 is 1.90. The maximum absolute atomic E-state index is 5.64. The van der Waals surface area contributed by atoms with Crippen LogP contribution in [-0.4, -0.2) is 26.4 Å². The van der Waals surface area contributed by atoms with Gasteiger partial charge in [0.1, 0.15) is 5.82 Å². The fraction of sp³-hybridized carbons (Fsp3) is 0.276. The number of thioether (sulfide) groups is 1. The van der Waals surface area contributed by atoms with Crippen LogP contribution in [0.5, 0.6) is 0 Å². The van der Waals surface area contributed by atoms with E-state index in [9.17, 15) is 0 Å². The Kier molecular flexibility index (Phi) is 9.87. The zero-order valence-corrected chi connectivity index (χ0v) is 39.2. The van der Waals surface area contributed by atoms with Crippen molar-refractivity contribution in [3.63, 3.8) is 0 Å². The first-order chi connectivity index (χ1) is 30.1. The van der Waals surface area contributed by atoms with Gasteiger partial charge in [-0.3, -0.25) is 9.56 Å². The molecule has 2 aliphatic rings. The van der Waals surface area contributed by atoms with Gasteiger partial charge in [0.15, 0.2) is 0 Å². The average Bonchev–Trinajstić information content (AvgIpc) is 3.86. The fourth-order valence-electron chi connectivity index (χ4n) is 9.98. The molecule has 10 rings (SSSR count). The van der Waals surface area contributed by atoms with Crippen LogP contribution in [-0.2, 0) is 16.2 Å². The molecule has 4 heterocycles. The summed E-state index contributed by atoms with van der Waals surface area (Å²) in [6, 6.07) is 52.5. The lowest BCUT2D eigenvalue weighted by Crippen LogP contribution is -2.31. The number of hydrogen-bond acceptors (Lipinski definition) is 4. The molecule has 0 aliphatic carbocycles. The Balaban J connectivity index is 1.21. The molecule has 0 saturated carbocycles. The molecule has 316 valence electrons. The lowest BCUT2D eigenvalue weighted by Gasteiger charge is -2.42. The van der Waals surface area contributed by atoms with E-state index < -0.39 is 0 Å². The summed E-state index contributed by atoms with van der Waals surface area (Å²) in [5, 5.41) is 3.61. The highest BCUT2D eigenvalue weighted by atomic mass is 32.2. The van der Waals surface area contributed by atoms with E-state index in [1.54, 1.807) is 0 Å². The third-order valence-corrected chi connectivity index (χ3v) is 14.6. The minimum atomic E-state index is -0.267. The molecule has 2 aromatic heterocycles. The molecular formula is C58H58N4S. The first-order valence-corrected chi connectivity index (χ1v) is 23.5. The van der Waals surface area contributed by atoms with Crippen molar-refractivity contribution >= 4 is 55.7 Å². The smallest absolute Gasteiger partial charge is 0.137 e. The molecule has 6 aromatic carbocycles. The van der Waals surface area contributed by atoms with Crippen molar-refractivity contribution in [2.24, 2.45) is 4.99 Å². The number of aryl methyl sites for hydroxylation is 2. The quantitative estimate of drug-likeness (QED) is 0.167. The molecular weight excluding hydrogens is 785 g/mol. The monoisotopic (exact) mass is 842 g/mol. The van der Waals surface area contributed by atoms with Gasteiger partial charge in [-0.15, -0.1) is 11.8 Å². The van der Waals surface area contributed by atoms with Crippen LogP contribution in [0, 0.1) is 13.8 Å². The second-order valence-corrected chi connectivity index (χ2v) is 21.5. The van der Waals surface area contributed by atoms with Crippen LogP contribution in [0.4, 0.5) is 17.1 Å². The van der Waals surface area contributed by atoms with Crippen LogP contribution in [0.2, 0.25) is 0 Å². The van der Waals surface area contributed by atoms with Crippen molar-refractivity contribution in [3.05, 3.63) is 196 Å². The van der Waals surface area contributed by atoms with Crippen LogP contribution >= 0.6 is 11.8 Å². The Labute approximate surface area is 378 Å². The standard InChI is InChI=1S/C58H58N4S/c1-36-21-23-49-44(27-36)45-33-47-52(34-51(45)62(49)53-32-41(25-26-59-53)56(3,4)5)61(50-24-22-37(2)28-46(50)58(47,9)10)43-30-40(29-42(31-43)57(6,7)8)55-60-48(35-63-55)54(38-17-13-11-14-18-38)39-19-15-12-16-20-39/h11-34,48,54H,35H2,1-10H3/t48-/m0/s1. The normalized spacial score (nSPS) is 16.1. The van der Waals surface area contributed by atoms with Gasteiger partial charge in [0, 0.05) is 45.3 Å². The molecule has 0 unspecified atom stereocenters. The summed E-state index contributed by atoms with van der Waals surface area (Å²) in [4.78, 5) is 13.3. The van der Waals surface area contributed by atoms with Crippen molar-refractivity contribution in [1.29, 1.82) is 0 Å². The molecule has 4 nitrogen and oxygen atoms in total. The van der Waals surface area contributed by atoms with Gasteiger partial charge in [-0.2, -0.15) is 0 Å². The van der Waals surface area contributed by atoms with Crippen molar-refractivity contribution in [1.82, 2.24) is 9.55 Å². The molecule has 0 spiro atoms.